The maximum atomic E-state index is 6.28. The van der Waals surface area contributed by atoms with E-state index in [4.69, 9.17) is 45.3 Å². The minimum Gasteiger partial charge on any atom is -0.488 e. The molecule has 1 aliphatic rings. The van der Waals surface area contributed by atoms with Crippen molar-refractivity contribution >= 4 is 34.8 Å². The van der Waals surface area contributed by atoms with Gasteiger partial charge in [0.1, 0.15) is 11.9 Å². The van der Waals surface area contributed by atoms with E-state index in [1.54, 1.807) is 12.1 Å². The Labute approximate surface area is 132 Å². The molecule has 1 heterocycles. The molecule has 2 aromatic carbocycles. The summed E-state index contributed by atoms with van der Waals surface area (Å²) in [6.45, 7) is 0.460. The Morgan fingerprint density at radius 1 is 1.15 bits per heavy atom. The van der Waals surface area contributed by atoms with Crippen LogP contribution in [0, 0.1) is 0 Å². The molecule has 0 saturated carbocycles. The van der Waals surface area contributed by atoms with E-state index in [-0.39, 0.29) is 6.10 Å². The molecule has 1 unspecified atom stereocenters. The molecule has 2 N–H and O–H groups in total. The van der Waals surface area contributed by atoms with E-state index in [2.05, 4.69) is 0 Å². The smallest absolute Gasteiger partial charge is 0.131 e. The van der Waals surface area contributed by atoms with E-state index in [1.165, 1.54) is 0 Å². The Morgan fingerprint density at radius 3 is 2.50 bits per heavy atom. The summed E-state index contributed by atoms with van der Waals surface area (Å²) in [7, 11) is 0. The molecule has 0 amide bonds. The van der Waals surface area contributed by atoms with Crippen molar-refractivity contribution in [2.24, 2.45) is 5.73 Å². The highest BCUT2D eigenvalue weighted by atomic mass is 35.5. The Kier molecular flexibility index (Phi) is 3.83. The first kappa shape index (κ1) is 14.0. The van der Waals surface area contributed by atoms with Gasteiger partial charge in [-0.05, 0) is 29.8 Å². The van der Waals surface area contributed by atoms with Crippen LogP contribution in [0.15, 0.2) is 30.3 Å². The SMILES string of the molecule is NCC1Cc2cc(Cl)cc(-c3c(Cl)cccc3Cl)c2O1. The lowest BCUT2D eigenvalue weighted by Gasteiger charge is -2.13. The summed E-state index contributed by atoms with van der Waals surface area (Å²) in [6, 6.07) is 9.13. The zero-order valence-electron chi connectivity index (χ0n) is 10.5. The zero-order valence-corrected chi connectivity index (χ0v) is 12.8. The minimum atomic E-state index is -0.0246. The second-order valence-corrected chi connectivity index (χ2v) is 5.97. The van der Waals surface area contributed by atoms with Crippen molar-refractivity contribution < 1.29 is 4.74 Å². The Balaban J connectivity index is 2.21. The van der Waals surface area contributed by atoms with E-state index in [0.29, 0.717) is 21.6 Å². The van der Waals surface area contributed by atoms with Crippen molar-refractivity contribution in [3.8, 4) is 16.9 Å². The Morgan fingerprint density at radius 2 is 1.85 bits per heavy atom. The third kappa shape index (κ3) is 2.38. The van der Waals surface area contributed by atoms with E-state index in [1.807, 2.05) is 18.2 Å². The summed E-state index contributed by atoms with van der Waals surface area (Å²) in [5.41, 5.74) is 8.29. The number of nitrogens with two attached hydrogens (primary N) is 1. The number of rotatable bonds is 2. The van der Waals surface area contributed by atoms with Crippen LogP contribution in [-0.2, 0) is 6.42 Å². The topological polar surface area (TPSA) is 35.2 Å². The largest absolute Gasteiger partial charge is 0.488 e. The number of ether oxygens (including phenoxy) is 1. The molecule has 0 radical (unpaired) electrons. The maximum absolute atomic E-state index is 6.28. The third-order valence-corrected chi connectivity index (χ3v) is 4.21. The van der Waals surface area contributed by atoms with Crippen molar-refractivity contribution in [3.63, 3.8) is 0 Å². The van der Waals surface area contributed by atoms with E-state index < -0.39 is 0 Å². The van der Waals surface area contributed by atoms with Crippen LogP contribution < -0.4 is 10.5 Å². The molecule has 0 fully saturated rings. The normalized spacial score (nSPS) is 16.9. The van der Waals surface area contributed by atoms with Gasteiger partial charge in [-0.3, -0.25) is 0 Å². The molecular weight excluding hydrogens is 317 g/mol. The van der Waals surface area contributed by atoms with Gasteiger partial charge in [0.2, 0.25) is 0 Å². The number of hydrogen-bond donors (Lipinski definition) is 1. The molecule has 104 valence electrons. The number of hydrogen-bond acceptors (Lipinski definition) is 2. The first-order chi connectivity index (χ1) is 9.60. The summed E-state index contributed by atoms with van der Waals surface area (Å²) >= 11 is 18.8. The molecular formula is C15H12Cl3NO. The van der Waals surface area contributed by atoms with Crippen LogP contribution >= 0.6 is 34.8 Å². The zero-order chi connectivity index (χ0) is 14.3. The van der Waals surface area contributed by atoms with Crippen molar-refractivity contribution in [2.45, 2.75) is 12.5 Å². The Bertz CT molecular complexity index is 652. The summed E-state index contributed by atoms with van der Waals surface area (Å²) in [5, 5.41) is 1.78. The summed E-state index contributed by atoms with van der Waals surface area (Å²) in [4.78, 5) is 0. The summed E-state index contributed by atoms with van der Waals surface area (Å²) < 4.78 is 5.91. The molecule has 1 atom stereocenters. The third-order valence-electron chi connectivity index (χ3n) is 3.36. The standard InChI is InChI=1S/C15H12Cl3NO/c16-9-4-8-5-10(7-19)20-15(8)11(6-9)14-12(17)2-1-3-13(14)18/h1-4,6,10H,5,7,19H2. The number of fused-ring (bicyclic) bond motifs is 1. The second-order valence-electron chi connectivity index (χ2n) is 4.72. The van der Waals surface area contributed by atoms with Gasteiger partial charge in [0.05, 0.1) is 10.0 Å². The van der Waals surface area contributed by atoms with Crippen LogP contribution in [-0.4, -0.2) is 12.6 Å². The molecule has 0 saturated heterocycles. The first-order valence-corrected chi connectivity index (χ1v) is 7.37. The predicted molar refractivity (Wildman–Crippen MR) is 84.1 cm³/mol. The van der Waals surface area contributed by atoms with Crippen LogP contribution in [0.2, 0.25) is 15.1 Å². The van der Waals surface area contributed by atoms with Gasteiger partial charge in [-0.1, -0.05) is 40.9 Å². The monoisotopic (exact) mass is 327 g/mol. The van der Waals surface area contributed by atoms with Gasteiger partial charge in [0.25, 0.3) is 0 Å². The minimum absolute atomic E-state index is 0.0246. The highest BCUT2D eigenvalue weighted by Gasteiger charge is 2.27. The van der Waals surface area contributed by atoms with E-state index in [9.17, 15) is 0 Å². The van der Waals surface area contributed by atoms with Crippen LogP contribution in [0.25, 0.3) is 11.1 Å². The van der Waals surface area contributed by atoms with Crippen LogP contribution in [0.3, 0.4) is 0 Å². The van der Waals surface area contributed by atoms with Gasteiger partial charge in [0.15, 0.2) is 0 Å². The van der Waals surface area contributed by atoms with Gasteiger partial charge >= 0.3 is 0 Å². The molecule has 1 aliphatic heterocycles. The quantitative estimate of drug-likeness (QED) is 0.876. The fraction of sp³-hybridized carbons (Fsp3) is 0.200. The number of benzene rings is 2. The lowest BCUT2D eigenvalue weighted by Crippen LogP contribution is -2.24. The highest BCUT2D eigenvalue weighted by Crippen LogP contribution is 2.45. The van der Waals surface area contributed by atoms with E-state index >= 15 is 0 Å². The van der Waals surface area contributed by atoms with Gasteiger partial charge < -0.3 is 10.5 Å². The lowest BCUT2D eigenvalue weighted by atomic mass is 10.0. The van der Waals surface area contributed by atoms with Crippen molar-refractivity contribution in [1.82, 2.24) is 0 Å². The van der Waals surface area contributed by atoms with Gasteiger partial charge in [0, 0.05) is 29.1 Å². The number of halogens is 3. The fourth-order valence-corrected chi connectivity index (χ4v) is 3.31. The van der Waals surface area contributed by atoms with E-state index in [0.717, 1.165) is 28.9 Å². The molecule has 20 heavy (non-hydrogen) atoms. The second kappa shape index (κ2) is 5.45. The summed E-state index contributed by atoms with van der Waals surface area (Å²) in [6.07, 6.45) is 0.727. The fourth-order valence-electron chi connectivity index (χ4n) is 2.47. The van der Waals surface area contributed by atoms with Crippen LogP contribution in [0.4, 0.5) is 0 Å². The molecule has 0 spiro atoms. The predicted octanol–water partition coefficient (Wildman–Crippen LogP) is 4.58. The van der Waals surface area contributed by atoms with Crippen molar-refractivity contribution in [3.05, 3.63) is 51.0 Å². The molecule has 2 nitrogen and oxygen atoms in total. The average Bonchev–Trinajstić information content (AvgIpc) is 2.81. The van der Waals surface area contributed by atoms with Gasteiger partial charge in [-0.15, -0.1) is 0 Å². The summed E-state index contributed by atoms with van der Waals surface area (Å²) in [5.74, 6) is 0.778. The molecule has 0 aromatic heterocycles. The lowest BCUT2D eigenvalue weighted by molar-refractivity contribution is 0.242. The van der Waals surface area contributed by atoms with Gasteiger partial charge in [-0.2, -0.15) is 0 Å². The van der Waals surface area contributed by atoms with Crippen molar-refractivity contribution in [2.75, 3.05) is 6.54 Å². The van der Waals surface area contributed by atoms with Crippen LogP contribution in [0.1, 0.15) is 5.56 Å². The Hall–Kier alpha value is -0.930. The molecule has 3 rings (SSSR count). The first-order valence-electron chi connectivity index (χ1n) is 6.23. The molecule has 0 bridgehead atoms. The molecule has 2 aromatic rings. The van der Waals surface area contributed by atoms with Crippen molar-refractivity contribution in [1.29, 1.82) is 0 Å². The average molecular weight is 329 g/mol. The molecule has 0 aliphatic carbocycles. The maximum Gasteiger partial charge on any atom is 0.131 e. The van der Waals surface area contributed by atoms with Crippen LogP contribution in [0.5, 0.6) is 5.75 Å². The molecule has 5 heteroatoms. The van der Waals surface area contributed by atoms with Gasteiger partial charge in [-0.25, -0.2) is 0 Å². The highest BCUT2D eigenvalue weighted by molar-refractivity contribution is 6.39.